The van der Waals surface area contributed by atoms with E-state index in [9.17, 15) is 18.4 Å². The van der Waals surface area contributed by atoms with Crippen molar-refractivity contribution in [1.82, 2.24) is 10.2 Å². The Labute approximate surface area is 196 Å². The van der Waals surface area contributed by atoms with Gasteiger partial charge in [0.05, 0.1) is 31.4 Å². The monoisotopic (exact) mass is 488 g/mol. The maximum Gasteiger partial charge on any atom is 0.337 e. The highest BCUT2D eigenvalue weighted by atomic mass is 32.2. The summed E-state index contributed by atoms with van der Waals surface area (Å²) in [4.78, 5) is 33.7. The zero-order chi connectivity index (χ0) is 24.4. The number of carbonyl (C=O) groups excluding carboxylic acids is 1. The van der Waals surface area contributed by atoms with E-state index in [4.69, 9.17) is 14.6 Å². The number of aliphatic carboxylic acids is 1. The topological polar surface area (TPSA) is 113 Å². The SMILES string of the molecule is C=CSC(=NC)C1=NCC(C(=O)OCC)=C(CN2CCO[C@H](CCC(F)(F)CC(=O)O)C2)N1. The minimum atomic E-state index is -3.29. The fourth-order valence-corrected chi connectivity index (χ4v) is 3.96. The largest absolute Gasteiger partial charge is 0.481 e. The number of alkyl halides is 2. The number of thioether (sulfide) groups is 1. The van der Waals surface area contributed by atoms with Crippen molar-refractivity contribution < 1.29 is 33.0 Å². The van der Waals surface area contributed by atoms with Crippen LogP contribution in [0.4, 0.5) is 8.78 Å². The summed E-state index contributed by atoms with van der Waals surface area (Å²) >= 11 is 1.30. The lowest BCUT2D eigenvalue weighted by molar-refractivity contribution is -0.146. The molecule has 33 heavy (non-hydrogen) atoms. The van der Waals surface area contributed by atoms with E-state index in [1.165, 1.54) is 11.8 Å². The summed E-state index contributed by atoms with van der Waals surface area (Å²) in [5, 5.41) is 14.1. The highest BCUT2D eigenvalue weighted by molar-refractivity contribution is 8.18. The molecular weight excluding hydrogens is 458 g/mol. The molecule has 0 unspecified atom stereocenters. The first kappa shape index (κ1) is 26.9. The minimum Gasteiger partial charge on any atom is -0.481 e. The summed E-state index contributed by atoms with van der Waals surface area (Å²) in [5.74, 6) is -4.77. The van der Waals surface area contributed by atoms with E-state index < -0.39 is 36.8 Å². The van der Waals surface area contributed by atoms with Gasteiger partial charge in [-0.3, -0.25) is 19.7 Å². The Morgan fingerprint density at radius 2 is 2.27 bits per heavy atom. The number of halogens is 2. The lowest BCUT2D eigenvalue weighted by Gasteiger charge is -2.35. The van der Waals surface area contributed by atoms with Crippen molar-refractivity contribution >= 4 is 34.6 Å². The summed E-state index contributed by atoms with van der Waals surface area (Å²) in [6.07, 6.45) is -2.21. The van der Waals surface area contributed by atoms with Gasteiger partial charge in [0.15, 0.2) is 5.84 Å². The van der Waals surface area contributed by atoms with Gasteiger partial charge in [0.2, 0.25) is 0 Å². The molecular formula is C21H30F2N4O5S. The Morgan fingerprint density at radius 3 is 2.91 bits per heavy atom. The third-order valence-corrected chi connectivity index (χ3v) is 5.76. The van der Waals surface area contributed by atoms with Gasteiger partial charge in [0, 0.05) is 38.8 Å². The number of esters is 1. The Morgan fingerprint density at radius 1 is 1.52 bits per heavy atom. The van der Waals surface area contributed by atoms with Crippen molar-refractivity contribution in [3.05, 3.63) is 23.3 Å². The molecule has 1 saturated heterocycles. The van der Waals surface area contributed by atoms with Crippen LogP contribution in [0, 0.1) is 0 Å². The van der Waals surface area contributed by atoms with E-state index >= 15 is 0 Å². The molecule has 12 heteroatoms. The fraction of sp³-hybridized carbons (Fsp3) is 0.619. The molecule has 0 aromatic heterocycles. The summed E-state index contributed by atoms with van der Waals surface area (Å²) in [5.41, 5.74) is 1.01. The average molecular weight is 489 g/mol. The first-order valence-electron chi connectivity index (χ1n) is 10.6. The zero-order valence-electron chi connectivity index (χ0n) is 18.8. The van der Waals surface area contributed by atoms with Crippen molar-refractivity contribution in [3.63, 3.8) is 0 Å². The molecule has 0 aromatic rings. The smallest absolute Gasteiger partial charge is 0.337 e. The van der Waals surface area contributed by atoms with E-state index in [0.29, 0.717) is 48.4 Å². The van der Waals surface area contributed by atoms with Gasteiger partial charge in [0.1, 0.15) is 11.5 Å². The zero-order valence-corrected chi connectivity index (χ0v) is 19.6. The second-order valence-electron chi connectivity index (χ2n) is 7.47. The number of nitrogens with zero attached hydrogens (tertiary/aromatic N) is 3. The molecule has 2 aliphatic heterocycles. The molecule has 2 N–H and O–H groups in total. The molecule has 0 radical (unpaired) electrons. The van der Waals surface area contributed by atoms with Crippen LogP contribution < -0.4 is 5.32 Å². The highest BCUT2D eigenvalue weighted by Crippen LogP contribution is 2.27. The van der Waals surface area contributed by atoms with E-state index in [0.717, 1.165) is 0 Å². The fourth-order valence-electron chi connectivity index (χ4n) is 3.47. The summed E-state index contributed by atoms with van der Waals surface area (Å²) in [6.45, 7) is 7.36. The molecule has 0 aromatic carbocycles. The number of ether oxygens (including phenoxy) is 2. The van der Waals surface area contributed by atoms with Crippen LogP contribution >= 0.6 is 11.8 Å². The van der Waals surface area contributed by atoms with Crippen molar-refractivity contribution in [2.24, 2.45) is 9.98 Å². The number of carboxylic acid groups (broad SMARTS) is 1. The molecule has 0 aliphatic carbocycles. The molecule has 2 heterocycles. The molecule has 1 fully saturated rings. The Bertz CT molecular complexity index is 831. The van der Waals surface area contributed by atoms with Gasteiger partial charge < -0.3 is 19.9 Å². The van der Waals surface area contributed by atoms with Gasteiger partial charge >= 0.3 is 11.9 Å². The summed E-state index contributed by atoms with van der Waals surface area (Å²) in [6, 6.07) is 0. The number of nitrogens with one attached hydrogen (secondary N) is 1. The van der Waals surface area contributed by atoms with Crippen molar-refractivity contribution in [2.75, 3.05) is 46.4 Å². The van der Waals surface area contributed by atoms with Gasteiger partial charge in [-0.15, -0.1) is 0 Å². The minimum absolute atomic E-state index is 0.0311. The third-order valence-electron chi connectivity index (χ3n) is 5.00. The molecule has 2 aliphatic rings. The highest BCUT2D eigenvalue weighted by Gasteiger charge is 2.34. The molecule has 0 bridgehead atoms. The van der Waals surface area contributed by atoms with Crippen molar-refractivity contribution in [1.29, 1.82) is 0 Å². The van der Waals surface area contributed by atoms with Gasteiger partial charge in [-0.25, -0.2) is 13.6 Å². The first-order chi connectivity index (χ1) is 15.7. The van der Waals surface area contributed by atoms with E-state index in [1.54, 1.807) is 19.4 Å². The summed E-state index contributed by atoms with van der Waals surface area (Å²) in [7, 11) is 1.63. The summed E-state index contributed by atoms with van der Waals surface area (Å²) < 4.78 is 38.3. The van der Waals surface area contributed by atoms with Crippen LogP contribution in [0.3, 0.4) is 0 Å². The molecule has 0 amide bonds. The second-order valence-corrected chi connectivity index (χ2v) is 8.43. The van der Waals surface area contributed by atoms with Crippen LogP contribution in [-0.2, 0) is 19.1 Å². The normalized spacial score (nSPS) is 20.2. The Hall–Kier alpha value is -2.31. The number of amidine groups is 1. The molecule has 1 atom stereocenters. The number of rotatable bonds is 11. The second kappa shape index (κ2) is 12.8. The number of carbonyl (C=O) groups is 2. The van der Waals surface area contributed by atoms with E-state index in [1.807, 2.05) is 4.90 Å². The van der Waals surface area contributed by atoms with E-state index in [2.05, 4.69) is 21.9 Å². The van der Waals surface area contributed by atoms with Gasteiger partial charge in [-0.2, -0.15) is 0 Å². The van der Waals surface area contributed by atoms with Gasteiger partial charge in [0.25, 0.3) is 5.92 Å². The van der Waals surface area contributed by atoms with Crippen LogP contribution in [-0.4, -0.2) is 91.3 Å². The Balaban J connectivity index is 2.08. The molecule has 9 nitrogen and oxygen atoms in total. The van der Waals surface area contributed by atoms with Crippen LogP contribution in [0.25, 0.3) is 0 Å². The maximum atomic E-state index is 13.8. The predicted octanol–water partition coefficient (Wildman–Crippen LogP) is 2.30. The van der Waals surface area contributed by atoms with Crippen molar-refractivity contribution in [2.45, 2.75) is 38.2 Å². The number of aliphatic imine (C=N–C) groups is 2. The number of hydrogen-bond donors (Lipinski definition) is 2. The van der Waals surface area contributed by atoms with Gasteiger partial charge in [-0.1, -0.05) is 18.3 Å². The van der Waals surface area contributed by atoms with Crippen LogP contribution in [0.15, 0.2) is 33.2 Å². The van der Waals surface area contributed by atoms with Gasteiger partial charge in [-0.05, 0) is 18.8 Å². The maximum absolute atomic E-state index is 13.8. The average Bonchev–Trinajstić information content (AvgIpc) is 2.75. The standard InChI is InChI=1S/C21H30F2N4O5S/c1-4-31-20(30)15-11-25-18(19(24-3)33-5-2)26-16(15)13-27-8-9-32-14(12-27)6-7-21(22,23)10-17(28)29/h5,14H,2,4,6-13H2,1,3H3,(H,25,26)(H,28,29)/t14-/m1/s1. The van der Waals surface area contributed by atoms with Crippen LogP contribution in [0.2, 0.25) is 0 Å². The third kappa shape index (κ3) is 8.52. The molecule has 0 spiro atoms. The molecule has 2 rings (SSSR count). The lowest BCUT2D eigenvalue weighted by atomic mass is 10.0. The predicted molar refractivity (Wildman–Crippen MR) is 123 cm³/mol. The molecule has 184 valence electrons. The first-order valence-corrected chi connectivity index (χ1v) is 11.5. The number of hydrogen-bond acceptors (Lipinski definition) is 9. The van der Waals surface area contributed by atoms with Crippen LogP contribution in [0.5, 0.6) is 0 Å². The Kier molecular flexibility index (Phi) is 10.5. The quantitative estimate of drug-likeness (QED) is 0.259. The lowest BCUT2D eigenvalue weighted by Crippen LogP contribution is -2.47. The van der Waals surface area contributed by atoms with Crippen molar-refractivity contribution in [3.8, 4) is 0 Å². The number of morpholine rings is 1. The van der Waals surface area contributed by atoms with E-state index in [-0.39, 0.29) is 19.6 Å². The van der Waals surface area contributed by atoms with Crippen LogP contribution in [0.1, 0.15) is 26.2 Å². The number of carboxylic acids is 1. The molecule has 0 saturated carbocycles.